The standard InChI is InChI=1S/C22H29N3O5S/c1-4-31(27,28)24(2)18-7-10-21(23-16-18)30-20-11-13-25(14-12-20)22(26)15-17-5-8-19(29-3)9-6-17/h5-10,16,20H,4,11-15H2,1-3H3. The van der Waals surface area contributed by atoms with Gasteiger partial charge in [0.25, 0.3) is 0 Å². The number of piperidine rings is 1. The van der Waals surface area contributed by atoms with Crippen LogP contribution in [0, 0.1) is 0 Å². The van der Waals surface area contributed by atoms with E-state index in [1.165, 1.54) is 17.5 Å². The molecular formula is C22H29N3O5S. The van der Waals surface area contributed by atoms with Crippen molar-refractivity contribution in [3.05, 3.63) is 48.2 Å². The van der Waals surface area contributed by atoms with E-state index in [9.17, 15) is 13.2 Å². The molecule has 1 fully saturated rings. The average molecular weight is 448 g/mol. The molecule has 1 saturated heterocycles. The number of likely N-dealkylation sites (tertiary alicyclic amines) is 1. The number of ether oxygens (including phenoxy) is 2. The molecule has 31 heavy (non-hydrogen) atoms. The number of carbonyl (C=O) groups is 1. The van der Waals surface area contributed by atoms with E-state index in [0.29, 0.717) is 31.1 Å². The average Bonchev–Trinajstić information content (AvgIpc) is 2.80. The summed E-state index contributed by atoms with van der Waals surface area (Å²) < 4.78 is 36.2. The van der Waals surface area contributed by atoms with Crippen molar-refractivity contribution < 1.29 is 22.7 Å². The van der Waals surface area contributed by atoms with Gasteiger partial charge in [0.05, 0.1) is 31.2 Å². The number of hydrogen-bond donors (Lipinski definition) is 0. The molecule has 0 bridgehead atoms. The number of amides is 1. The van der Waals surface area contributed by atoms with Crippen LogP contribution in [0.4, 0.5) is 5.69 Å². The second-order valence-electron chi connectivity index (χ2n) is 7.45. The molecule has 168 valence electrons. The summed E-state index contributed by atoms with van der Waals surface area (Å²) in [6.45, 7) is 2.87. The summed E-state index contributed by atoms with van der Waals surface area (Å²) in [4.78, 5) is 18.7. The third kappa shape index (κ3) is 5.88. The van der Waals surface area contributed by atoms with Crippen LogP contribution in [0.15, 0.2) is 42.6 Å². The zero-order chi connectivity index (χ0) is 22.4. The molecule has 1 aromatic carbocycles. The van der Waals surface area contributed by atoms with E-state index in [1.54, 1.807) is 26.2 Å². The normalized spacial score (nSPS) is 14.9. The van der Waals surface area contributed by atoms with Crippen LogP contribution in [0.2, 0.25) is 0 Å². The first-order chi connectivity index (χ1) is 14.8. The lowest BCUT2D eigenvalue weighted by Gasteiger charge is -2.32. The van der Waals surface area contributed by atoms with Gasteiger partial charge in [-0.15, -0.1) is 0 Å². The molecule has 1 aromatic heterocycles. The molecule has 2 aromatic rings. The molecule has 0 unspecified atom stereocenters. The second-order valence-corrected chi connectivity index (χ2v) is 9.73. The molecule has 0 saturated carbocycles. The fourth-order valence-electron chi connectivity index (χ4n) is 3.41. The molecule has 0 N–H and O–H groups in total. The smallest absolute Gasteiger partial charge is 0.234 e. The van der Waals surface area contributed by atoms with Gasteiger partial charge in [-0.3, -0.25) is 9.10 Å². The molecule has 2 heterocycles. The minimum absolute atomic E-state index is 0.0253. The molecule has 3 rings (SSSR count). The Morgan fingerprint density at radius 3 is 2.39 bits per heavy atom. The van der Waals surface area contributed by atoms with Gasteiger partial charge < -0.3 is 14.4 Å². The van der Waals surface area contributed by atoms with Crippen LogP contribution in [0.25, 0.3) is 0 Å². The first-order valence-electron chi connectivity index (χ1n) is 10.3. The minimum atomic E-state index is -3.32. The Kier molecular flexibility index (Phi) is 7.37. The van der Waals surface area contributed by atoms with Crippen molar-refractivity contribution in [3.8, 4) is 11.6 Å². The second kappa shape index (κ2) is 10.00. The highest BCUT2D eigenvalue weighted by atomic mass is 32.2. The molecule has 0 radical (unpaired) electrons. The number of rotatable bonds is 8. The number of pyridine rings is 1. The lowest BCUT2D eigenvalue weighted by molar-refractivity contribution is -0.132. The Labute approximate surface area is 183 Å². The highest BCUT2D eigenvalue weighted by Gasteiger charge is 2.24. The van der Waals surface area contributed by atoms with Gasteiger partial charge in [-0.05, 0) is 30.7 Å². The lowest BCUT2D eigenvalue weighted by Crippen LogP contribution is -2.42. The summed E-state index contributed by atoms with van der Waals surface area (Å²) in [5.41, 5.74) is 1.46. The summed E-state index contributed by atoms with van der Waals surface area (Å²) in [6, 6.07) is 10.9. The number of nitrogens with zero attached hydrogens (tertiary/aromatic N) is 3. The van der Waals surface area contributed by atoms with E-state index in [4.69, 9.17) is 9.47 Å². The molecule has 0 spiro atoms. The summed E-state index contributed by atoms with van der Waals surface area (Å²) in [5, 5.41) is 0. The van der Waals surface area contributed by atoms with Gasteiger partial charge in [0, 0.05) is 39.0 Å². The zero-order valence-corrected chi connectivity index (χ0v) is 19.0. The quantitative estimate of drug-likeness (QED) is 0.618. The maximum absolute atomic E-state index is 12.6. The molecule has 1 aliphatic rings. The first-order valence-corrected chi connectivity index (χ1v) is 11.9. The highest BCUT2D eigenvalue weighted by molar-refractivity contribution is 7.92. The molecule has 0 atom stereocenters. The van der Waals surface area contributed by atoms with Crippen molar-refractivity contribution in [2.75, 3.05) is 37.3 Å². The van der Waals surface area contributed by atoms with Crippen LogP contribution in [0.3, 0.4) is 0 Å². The zero-order valence-electron chi connectivity index (χ0n) is 18.2. The maximum atomic E-state index is 12.6. The fraction of sp³-hybridized carbons (Fsp3) is 0.455. The number of anilines is 1. The van der Waals surface area contributed by atoms with Gasteiger partial charge in [-0.2, -0.15) is 0 Å². The van der Waals surface area contributed by atoms with Crippen molar-refractivity contribution in [2.45, 2.75) is 32.3 Å². The molecule has 9 heteroatoms. The third-order valence-corrected chi connectivity index (χ3v) is 7.24. The largest absolute Gasteiger partial charge is 0.497 e. The van der Waals surface area contributed by atoms with Gasteiger partial charge in [0.15, 0.2) is 0 Å². The SMILES string of the molecule is CCS(=O)(=O)N(C)c1ccc(OC2CCN(C(=O)Cc3ccc(OC)cc3)CC2)nc1. The molecule has 0 aliphatic carbocycles. The topological polar surface area (TPSA) is 89.0 Å². The Balaban J connectivity index is 1.49. The summed E-state index contributed by atoms with van der Waals surface area (Å²) in [6.07, 6.45) is 3.28. The van der Waals surface area contributed by atoms with Crippen LogP contribution in [0.5, 0.6) is 11.6 Å². The van der Waals surface area contributed by atoms with Crippen molar-refractivity contribution in [3.63, 3.8) is 0 Å². The van der Waals surface area contributed by atoms with Gasteiger partial charge >= 0.3 is 0 Å². The van der Waals surface area contributed by atoms with E-state index in [-0.39, 0.29) is 17.8 Å². The fourth-order valence-corrected chi connectivity index (χ4v) is 4.22. The Morgan fingerprint density at radius 2 is 1.84 bits per heavy atom. The molecule has 1 amide bonds. The summed E-state index contributed by atoms with van der Waals surface area (Å²) >= 11 is 0. The predicted octanol–water partition coefficient (Wildman–Crippen LogP) is 2.49. The van der Waals surface area contributed by atoms with Gasteiger partial charge in [0.2, 0.25) is 21.8 Å². The van der Waals surface area contributed by atoms with Crippen LogP contribution in [-0.4, -0.2) is 63.3 Å². The van der Waals surface area contributed by atoms with Crippen molar-refractivity contribution in [2.24, 2.45) is 0 Å². The molecular weight excluding hydrogens is 418 g/mol. The first kappa shape index (κ1) is 22.9. The van der Waals surface area contributed by atoms with E-state index in [0.717, 1.165) is 24.2 Å². The lowest BCUT2D eigenvalue weighted by atomic mass is 10.1. The minimum Gasteiger partial charge on any atom is -0.497 e. The van der Waals surface area contributed by atoms with Crippen molar-refractivity contribution >= 4 is 21.6 Å². The molecule has 8 nitrogen and oxygen atoms in total. The van der Waals surface area contributed by atoms with E-state index in [1.807, 2.05) is 29.2 Å². The monoisotopic (exact) mass is 447 g/mol. The highest BCUT2D eigenvalue weighted by Crippen LogP contribution is 2.22. The number of aromatic nitrogens is 1. The summed E-state index contributed by atoms with van der Waals surface area (Å²) in [5.74, 6) is 1.35. The number of sulfonamides is 1. The van der Waals surface area contributed by atoms with Gasteiger partial charge in [-0.1, -0.05) is 12.1 Å². The van der Waals surface area contributed by atoms with E-state index in [2.05, 4.69) is 4.98 Å². The maximum Gasteiger partial charge on any atom is 0.234 e. The Hall–Kier alpha value is -2.81. The number of benzene rings is 1. The van der Waals surface area contributed by atoms with Crippen LogP contribution in [0.1, 0.15) is 25.3 Å². The Morgan fingerprint density at radius 1 is 1.16 bits per heavy atom. The van der Waals surface area contributed by atoms with Gasteiger partial charge in [-0.25, -0.2) is 13.4 Å². The predicted molar refractivity (Wildman–Crippen MR) is 119 cm³/mol. The van der Waals surface area contributed by atoms with E-state index >= 15 is 0 Å². The third-order valence-electron chi connectivity index (χ3n) is 5.46. The summed E-state index contributed by atoms with van der Waals surface area (Å²) in [7, 11) is -0.197. The van der Waals surface area contributed by atoms with Crippen molar-refractivity contribution in [1.29, 1.82) is 0 Å². The van der Waals surface area contributed by atoms with Gasteiger partial charge in [0.1, 0.15) is 11.9 Å². The van der Waals surface area contributed by atoms with Crippen LogP contribution < -0.4 is 13.8 Å². The van der Waals surface area contributed by atoms with E-state index < -0.39 is 10.0 Å². The molecule has 1 aliphatic heterocycles. The van der Waals surface area contributed by atoms with Crippen LogP contribution >= 0.6 is 0 Å². The Bertz CT molecular complexity index is 969. The number of methoxy groups -OCH3 is 1. The van der Waals surface area contributed by atoms with Crippen LogP contribution in [-0.2, 0) is 21.2 Å². The number of hydrogen-bond acceptors (Lipinski definition) is 6. The number of carbonyl (C=O) groups excluding carboxylic acids is 1. The van der Waals surface area contributed by atoms with Crippen molar-refractivity contribution in [1.82, 2.24) is 9.88 Å².